The molecule has 2 N–H and O–H groups in total. The maximum absolute atomic E-state index is 11.8. The van der Waals surface area contributed by atoms with Crippen LogP contribution in [-0.4, -0.2) is 43.7 Å². The summed E-state index contributed by atoms with van der Waals surface area (Å²) in [5.74, 6) is 0.432. The summed E-state index contributed by atoms with van der Waals surface area (Å²) >= 11 is 0. The number of carbonyl (C=O) groups excluding carboxylic acids is 1. The molecule has 2 unspecified atom stereocenters. The fourth-order valence-electron chi connectivity index (χ4n) is 1.28. The van der Waals surface area contributed by atoms with Crippen molar-refractivity contribution in [3.8, 4) is 0 Å². The molecule has 15 heavy (non-hydrogen) atoms. The van der Waals surface area contributed by atoms with Gasteiger partial charge in [-0.1, -0.05) is 13.8 Å². The molecular formula is C11H24N2O2. The predicted molar refractivity (Wildman–Crippen MR) is 61.5 cm³/mol. The fourth-order valence-corrected chi connectivity index (χ4v) is 1.28. The third kappa shape index (κ3) is 4.62. The monoisotopic (exact) mass is 216 g/mol. The number of carbonyl (C=O) groups is 1. The van der Waals surface area contributed by atoms with Gasteiger partial charge in [-0.3, -0.25) is 4.79 Å². The predicted octanol–water partition coefficient (Wildman–Crippen LogP) is 0.853. The van der Waals surface area contributed by atoms with Crippen LogP contribution in [0.2, 0.25) is 0 Å². The second kappa shape index (κ2) is 6.80. The molecule has 0 spiro atoms. The van der Waals surface area contributed by atoms with Crippen LogP contribution >= 0.6 is 0 Å². The van der Waals surface area contributed by atoms with Gasteiger partial charge in [0.05, 0.1) is 6.04 Å². The van der Waals surface area contributed by atoms with E-state index in [2.05, 4.69) is 13.8 Å². The average molecular weight is 216 g/mol. The maximum Gasteiger partial charge on any atom is 0.239 e. The summed E-state index contributed by atoms with van der Waals surface area (Å²) in [4.78, 5) is 13.6. The smallest absolute Gasteiger partial charge is 0.239 e. The van der Waals surface area contributed by atoms with Crippen molar-refractivity contribution in [1.82, 2.24) is 4.90 Å². The van der Waals surface area contributed by atoms with E-state index in [9.17, 15) is 4.79 Å². The van der Waals surface area contributed by atoms with Gasteiger partial charge in [0.25, 0.3) is 0 Å². The molecule has 2 atom stereocenters. The summed E-state index contributed by atoms with van der Waals surface area (Å²) in [5.41, 5.74) is 5.77. The lowest BCUT2D eigenvalue weighted by molar-refractivity contribution is -0.134. The topological polar surface area (TPSA) is 55.6 Å². The second-order valence-corrected chi connectivity index (χ2v) is 4.32. The Balaban J connectivity index is 4.18. The Morgan fingerprint density at radius 3 is 2.33 bits per heavy atom. The van der Waals surface area contributed by atoms with Crippen LogP contribution in [0.3, 0.4) is 0 Å². The standard InChI is InChI=1S/C11H24N2O2/c1-8(2)9(3)13(4)11(14)10(12)6-7-15-5/h8-10H,6-7,12H2,1-5H3. The van der Waals surface area contributed by atoms with E-state index in [1.165, 1.54) is 0 Å². The Morgan fingerprint density at radius 1 is 1.40 bits per heavy atom. The van der Waals surface area contributed by atoms with E-state index in [0.717, 1.165) is 0 Å². The van der Waals surface area contributed by atoms with E-state index in [-0.39, 0.29) is 11.9 Å². The van der Waals surface area contributed by atoms with Gasteiger partial charge in [0.15, 0.2) is 0 Å². The van der Waals surface area contributed by atoms with E-state index in [1.807, 2.05) is 6.92 Å². The molecule has 90 valence electrons. The van der Waals surface area contributed by atoms with Gasteiger partial charge in [-0.25, -0.2) is 0 Å². The van der Waals surface area contributed by atoms with Gasteiger partial charge in [0.1, 0.15) is 0 Å². The summed E-state index contributed by atoms with van der Waals surface area (Å²) in [6.07, 6.45) is 0.574. The number of rotatable bonds is 6. The van der Waals surface area contributed by atoms with Crippen LogP contribution in [0.4, 0.5) is 0 Å². The van der Waals surface area contributed by atoms with Gasteiger partial charge in [-0.05, 0) is 19.3 Å². The first kappa shape index (κ1) is 14.4. The fraction of sp³-hybridized carbons (Fsp3) is 0.909. The molecular weight excluding hydrogens is 192 g/mol. The zero-order valence-corrected chi connectivity index (χ0v) is 10.5. The Morgan fingerprint density at radius 2 is 1.93 bits per heavy atom. The lowest BCUT2D eigenvalue weighted by atomic mass is 10.0. The molecule has 0 aliphatic heterocycles. The molecule has 4 heteroatoms. The van der Waals surface area contributed by atoms with Crippen LogP contribution in [0.5, 0.6) is 0 Å². The number of hydrogen-bond donors (Lipinski definition) is 1. The molecule has 0 radical (unpaired) electrons. The Kier molecular flexibility index (Phi) is 6.52. The molecule has 4 nitrogen and oxygen atoms in total. The number of nitrogens with two attached hydrogens (primary N) is 1. The number of ether oxygens (including phenoxy) is 1. The van der Waals surface area contributed by atoms with E-state index in [0.29, 0.717) is 18.9 Å². The van der Waals surface area contributed by atoms with Crippen LogP contribution in [0.1, 0.15) is 27.2 Å². The number of likely N-dealkylation sites (N-methyl/N-ethyl adjacent to an activating group) is 1. The normalized spacial score (nSPS) is 15.1. The summed E-state index contributed by atoms with van der Waals surface area (Å²) in [6, 6.07) is -0.234. The van der Waals surface area contributed by atoms with Crippen molar-refractivity contribution in [2.45, 2.75) is 39.3 Å². The quantitative estimate of drug-likeness (QED) is 0.716. The third-order valence-electron chi connectivity index (χ3n) is 2.87. The highest BCUT2D eigenvalue weighted by Gasteiger charge is 2.23. The van der Waals surface area contributed by atoms with Crippen LogP contribution in [0, 0.1) is 5.92 Å². The van der Waals surface area contributed by atoms with E-state index < -0.39 is 6.04 Å². The number of amides is 1. The summed E-state index contributed by atoms with van der Waals surface area (Å²) in [6.45, 7) is 6.74. The Labute approximate surface area is 92.8 Å². The number of nitrogens with zero attached hydrogens (tertiary/aromatic N) is 1. The number of hydrogen-bond acceptors (Lipinski definition) is 3. The average Bonchev–Trinajstić information content (AvgIpc) is 2.22. The molecule has 0 aromatic rings. The molecule has 0 bridgehead atoms. The van der Waals surface area contributed by atoms with Crippen LogP contribution in [-0.2, 0) is 9.53 Å². The minimum atomic E-state index is -0.448. The molecule has 0 fully saturated rings. The minimum Gasteiger partial charge on any atom is -0.385 e. The van der Waals surface area contributed by atoms with Gasteiger partial charge in [-0.15, -0.1) is 0 Å². The van der Waals surface area contributed by atoms with E-state index >= 15 is 0 Å². The van der Waals surface area contributed by atoms with Crippen LogP contribution in [0.25, 0.3) is 0 Å². The highest BCUT2D eigenvalue weighted by Crippen LogP contribution is 2.09. The zero-order chi connectivity index (χ0) is 12.0. The van der Waals surface area contributed by atoms with Crippen molar-refractivity contribution >= 4 is 5.91 Å². The minimum absolute atomic E-state index is 0.00625. The summed E-state index contributed by atoms with van der Waals surface area (Å²) < 4.78 is 4.90. The summed E-state index contributed by atoms with van der Waals surface area (Å²) in [7, 11) is 3.41. The Bertz CT molecular complexity index is 195. The first-order valence-electron chi connectivity index (χ1n) is 5.43. The Hall–Kier alpha value is -0.610. The molecule has 0 heterocycles. The van der Waals surface area contributed by atoms with Crippen molar-refractivity contribution in [2.75, 3.05) is 20.8 Å². The molecule has 0 aromatic heterocycles. The SMILES string of the molecule is COCCC(N)C(=O)N(C)C(C)C(C)C. The first-order valence-corrected chi connectivity index (χ1v) is 5.43. The molecule has 0 saturated heterocycles. The van der Waals surface area contributed by atoms with Crippen LogP contribution < -0.4 is 5.73 Å². The van der Waals surface area contributed by atoms with Crippen molar-refractivity contribution in [2.24, 2.45) is 11.7 Å². The van der Waals surface area contributed by atoms with Gasteiger partial charge in [0, 0.05) is 26.8 Å². The van der Waals surface area contributed by atoms with Gasteiger partial charge >= 0.3 is 0 Å². The van der Waals surface area contributed by atoms with Gasteiger partial charge in [0.2, 0.25) is 5.91 Å². The molecule has 0 aliphatic carbocycles. The highest BCUT2D eigenvalue weighted by molar-refractivity contribution is 5.81. The van der Waals surface area contributed by atoms with Gasteiger partial charge < -0.3 is 15.4 Å². The lowest BCUT2D eigenvalue weighted by Gasteiger charge is -2.30. The molecule has 0 aromatic carbocycles. The lowest BCUT2D eigenvalue weighted by Crippen LogP contribution is -2.47. The van der Waals surface area contributed by atoms with E-state index in [1.54, 1.807) is 19.1 Å². The molecule has 0 rings (SSSR count). The first-order chi connectivity index (χ1) is 6.91. The number of methoxy groups -OCH3 is 1. The van der Waals surface area contributed by atoms with Crippen molar-refractivity contribution < 1.29 is 9.53 Å². The maximum atomic E-state index is 11.8. The van der Waals surface area contributed by atoms with Crippen LogP contribution in [0.15, 0.2) is 0 Å². The van der Waals surface area contributed by atoms with Crippen molar-refractivity contribution in [3.05, 3.63) is 0 Å². The van der Waals surface area contributed by atoms with Crippen molar-refractivity contribution in [1.29, 1.82) is 0 Å². The van der Waals surface area contributed by atoms with Gasteiger partial charge in [-0.2, -0.15) is 0 Å². The van der Waals surface area contributed by atoms with Crippen molar-refractivity contribution in [3.63, 3.8) is 0 Å². The highest BCUT2D eigenvalue weighted by atomic mass is 16.5. The van der Waals surface area contributed by atoms with E-state index in [4.69, 9.17) is 10.5 Å². The zero-order valence-electron chi connectivity index (χ0n) is 10.5. The summed E-state index contributed by atoms with van der Waals surface area (Å²) in [5, 5.41) is 0. The molecule has 0 saturated carbocycles. The second-order valence-electron chi connectivity index (χ2n) is 4.32. The molecule has 1 amide bonds. The third-order valence-corrected chi connectivity index (χ3v) is 2.87. The largest absolute Gasteiger partial charge is 0.385 e. The molecule has 0 aliphatic rings.